The maximum absolute atomic E-state index is 10.0. The molecule has 2 aromatic rings. The molecule has 0 fully saturated rings. The minimum absolute atomic E-state index is 0.487. The van der Waals surface area contributed by atoms with Crippen molar-refractivity contribution in [2.24, 2.45) is 0 Å². The first kappa shape index (κ1) is 13.1. The fourth-order valence-corrected chi connectivity index (χ4v) is 4.49. The zero-order chi connectivity index (χ0) is 11.7. The van der Waals surface area contributed by atoms with Crippen LogP contribution in [0.4, 0.5) is 0 Å². The Morgan fingerprint density at radius 2 is 2.12 bits per heavy atom. The Balaban J connectivity index is 2.11. The molecule has 0 saturated carbocycles. The Labute approximate surface area is 123 Å². The monoisotopic (exact) mass is 400 g/mol. The van der Waals surface area contributed by atoms with Crippen molar-refractivity contribution in [2.75, 3.05) is 0 Å². The van der Waals surface area contributed by atoms with Gasteiger partial charge in [0.15, 0.2) is 0 Å². The largest absolute Gasteiger partial charge is 0.387 e. The Kier molecular flexibility index (Phi) is 4.49. The van der Waals surface area contributed by atoms with Crippen LogP contribution in [0.5, 0.6) is 0 Å². The van der Waals surface area contributed by atoms with Gasteiger partial charge in [0.05, 0.1) is 6.10 Å². The predicted octanol–water partition coefficient (Wildman–Crippen LogP) is 5.26. The van der Waals surface area contributed by atoms with Crippen molar-refractivity contribution >= 4 is 66.1 Å². The van der Waals surface area contributed by atoms with E-state index in [0.717, 1.165) is 18.7 Å². The lowest BCUT2D eigenvalue weighted by Crippen LogP contribution is -1.97. The highest BCUT2D eigenvalue weighted by molar-refractivity contribution is 9.10. The molecule has 1 unspecified atom stereocenters. The third-order valence-corrected chi connectivity index (χ3v) is 6.30. The molecule has 2 aromatic heterocycles. The number of aliphatic hydroxyl groups excluding tert-OH is 1. The molecule has 86 valence electrons. The highest BCUT2D eigenvalue weighted by Crippen LogP contribution is 2.36. The van der Waals surface area contributed by atoms with Gasteiger partial charge in [-0.15, -0.1) is 22.7 Å². The van der Waals surface area contributed by atoms with Crippen LogP contribution in [0, 0.1) is 0 Å². The molecule has 0 spiro atoms. The van der Waals surface area contributed by atoms with Crippen molar-refractivity contribution < 1.29 is 5.11 Å². The first-order valence-electron chi connectivity index (χ1n) is 4.42. The minimum Gasteiger partial charge on any atom is -0.387 e. The van der Waals surface area contributed by atoms with Crippen LogP contribution in [0.3, 0.4) is 0 Å². The zero-order valence-electron chi connectivity index (χ0n) is 7.91. The van der Waals surface area contributed by atoms with Gasteiger partial charge in [0.2, 0.25) is 0 Å². The van der Waals surface area contributed by atoms with E-state index in [1.54, 1.807) is 11.3 Å². The van der Waals surface area contributed by atoms with E-state index in [0.29, 0.717) is 10.8 Å². The summed E-state index contributed by atoms with van der Waals surface area (Å²) in [6.45, 7) is 0. The molecule has 1 nitrogen and oxygen atoms in total. The van der Waals surface area contributed by atoms with Gasteiger partial charge in [0.1, 0.15) is 4.34 Å². The first-order valence-corrected chi connectivity index (χ1v) is 8.08. The van der Waals surface area contributed by atoms with E-state index in [4.69, 9.17) is 11.6 Å². The third-order valence-electron chi connectivity index (χ3n) is 2.01. The summed E-state index contributed by atoms with van der Waals surface area (Å²) in [7, 11) is 0. The molecule has 2 heterocycles. The Morgan fingerprint density at radius 3 is 2.62 bits per heavy atom. The topological polar surface area (TPSA) is 20.2 Å². The average Bonchev–Trinajstić information content (AvgIpc) is 2.75. The van der Waals surface area contributed by atoms with Gasteiger partial charge in [-0.3, -0.25) is 0 Å². The number of aliphatic hydroxyl groups is 1. The lowest BCUT2D eigenvalue weighted by atomic mass is 10.2. The van der Waals surface area contributed by atoms with Gasteiger partial charge in [-0.05, 0) is 44.0 Å². The summed E-state index contributed by atoms with van der Waals surface area (Å²) in [5.41, 5.74) is 0. The summed E-state index contributed by atoms with van der Waals surface area (Å²) < 4.78 is 2.59. The van der Waals surface area contributed by atoms with Gasteiger partial charge >= 0.3 is 0 Å². The Morgan fingerprint density at radius 1 is 1.38 bits per heavy atom. The number of hydrogen-bond acceptors (Lipinski definition) is 3. The normalized spacial score (nSPS) is 13.0. The molecular formula is C10H7Br2ClOS2. The summed E-state index contributed by atoms with van der Waals surface area (Å²) in [6.07, 6.45) is 0.138. The molecule has 0 amide bonds. The number of rotatable bonds is 3. The van der Waals surface area contributed by atoms with E-state index >= 15 is 0 Å². The molecule has 6 heteroatoms. The van der Waals surface area contributed by atoms with Crippen molar-refractivity contribution in [1.29, 1.82) is 0 Å². The van der Waals surface area contributed by atoms with Gasteiger partial charge < -0.3 is 5.11 Å². The molecule has 0 aliphatic heterocycles. The summed E-state index contributed by atoms with van der Waals surface area (Å²) in [4.78, 5) is 2.04. The number of thiophene rings is 2. The van der Waals surface area contributed by atoms with Crippen LogP contribution in [0.25, 0.3) is 0 Å². The van der Waals surface area contributed by atoms with E-state index in [1.807, 2.05) is 17.5 Å². The molecule has 0 saturated heterocycles. The second kappa shape index (κ2) is 5.50. The average molecular weight is 403 g/mol. The first-order chi connectivity index (χ1) is 7.56. The minimum atomic E-state index is -0.487. The Bertz CT molecular complexity index is 475. The van der Waals surface area contributed by atoms with E-state index in [2.05, 4.69) is 31.9 Å². The summed E-state index contributed by atoms with van der Waals surface area (Å²) >= 11 is 15.7. The van der Waals surface area contributed by atoms with Crippen molar-refractivity contribution in [3.05, 3.63) is 40.5 Å². The smallest absolute Gasteiger partial charge is 0.107 e. The van der Waals surface area contributed by atoms with Crippen LogP contribution < -0.4 is 0 Å². The van der Waals surface area contributed by atoms with Gasteiger partial charge in [-0.25, -0.2) is 0 Å². The highest BCUT2D eigenvalue weighted by atomic mass is 79.9. The summed E-state index contributed by atoms with van der Waals surface area (Å²) in [5, 5.41) is 12.1. The molecule has 0 aromatic carbocycles. The van der Waals surface area contributed by atoms with Crippen LogP contribution in [-0.4, -0.2) is 5.11 Å². The molecule has 1 N–H and O–H groups in total. The molecule has 0 bridgehead atoms. The molecule has 0 radical (unpaired) electrons. The highest BCUT2D eigenvalue weighted by Gasteiger charge is 2.14. The SMILES string of the molecule is OC(Cc1cc(Br)cs1)c1cc(Br)c(Cl)s1. The summed E-state index contributed by atoms with van der Waals surface area (Å²) in [6, 6.07) is 3.90. The van der Waals surface area contributed by atoms with Crippen LogP contribution in [0.1, 0.15) is 15.9 Å². The Hall–Kier alpha value is 0.610. The van der Waals surface area contributed by atoms with E-state index < -0.39 is 6.10 Å². The van der Waals surface area contributed by atoms with Crippen LogP contribution in [0.15, 0.2) is 26.5 Å². The van der Waals surface area contributed by atoms with Crippen LogP contribution >= 0.6 is 66.1 Å². The van der Waals surface area contributed by atoms with Gasteiger partial charge in [0, 0.05) is 30.5 Å². The van der Waals surface area contributed by atoms with Crippen LogP contribution in [0.2, 0.25) is 4.34 Å². The van der Waals surface area contributed by atoms with Crippen molar-refractivity contribution in [3.8, 4) is 0 Å². The standard InChI is InChI=1S/C10H7Br2ClOS2/c11-5-1-6(15-4-5)2-8(14)9-3-7(12)10(13)16-9/h1,3-4,8,14H,2H2. The number of hydrogen-bond donors (Lipinski definition) is 1. The molecule has 2 rings (SSSR count). The second-order valence-electron chi connectivity index (χ2n) is 3.22. The third kappa shape index (κ3) is 3.09. The quantitative estimate of drug-likeness (QED) is 0.742. The maximum atomic E-state index is 10.0. The zero-order valence-corrected chi connectivity index (χ0v) is 13.5. The predicted molar refractivity (Wildman–Crippen MR) is 77.7 cm³/mol. The fourth-order valence-electron chi connectivity index (χ4n) is 1.28. The molecule has 1 atom stereocenters. The lowest BCUT2D eigenvalue weighted by Gasteiger charge is -2.05. The van der Waals surface area contributed by atoms with E-state index in [-0.39, 0.29) is 0 Å². The fraction of sp³-hybridized carbons (Fsp3) is 0.200. The van der Waals surface area contributed by atoms with Crippen LogP contribution in [-0.2, 0) is 6.42 Å². The van der Waals surface area contributed by atoms with Gasteiger partial charge in [-0.1, -0.05) is 11.6 Å². The second-order valence-corrected chi connectivity index (χ2v) is 7.67. The van der Waals surface area contributed by atoms with E-state index in [9.17, 15) is 5.11 Å². The van der Waals surface area contributed by atoms with E-state index in [1.165, 1.54) is 11.3 Å². The molecule has 0 aliphatic rings. The molecular weight excluding hydrogens is 396 g/mol. The van der Waals surface area contributed by atoms with Crippen molar-refractivity contribution in [1.82, 2.24) is 0 Å². The molecule has 16 heavy (non-hydrogen) atoms. The van der Waals surface area contributed by atoms with Crippen molar-refractivity contribution in [3.63, 3.8) is 0 Å². The van der Waals surface area contributed by atoms with Gasteiger partial charge in [0.25, 0.3) is 0 Å². The molecule has 0 aliphatic carbocycles. The maximum Gasteiger partial charge on any atom is 0.107 e. The number of halogens is 3. The van der Waals surface area contributed by atoms with Gasteiger partial charge in [-0.2, -0.15) is 0 Å². The summed E-state index contributed by atoms with van der Waals surface area (Å²) in [5.74, 6) is 0. The lowest BCUT2D eigenvalue weighted by molar-refractivity contribution is 0.183. The van der Waals surface area contributed by atoms with Crippen molar-refractivity contribution in [2.45, 2.75) is 12.5 Å².